The fourth-order valence-corrected chi connectivity index (χ4v) is 2.85. The van der Waals surface area contributed by atoms with Gasteiger partial charge in [0.1, 0.15) is 5.75 Å². The van der Waals surface area contributed by atoms with Crippen LogP contribution in [-0.4, -0.2) is 29.1 Å². The number of nitrogens with zero attached hydrogens (tertiary/aromatic N) is 2. The molecule has 0 aliphatic carbocycles. The summed E-state index contributed by atoms with van der Waals surface area (Å²) in [4.78, 5) is 16.4. The Hall–Kier alpha value is -2.53. The SMILES string of the molecule is COc1ccc(CC(=O)NCCn2cnc3ccccc32)cc1Cl. The monoisotopic (exact) mass is 343 g/mol. The summed E-state index contributed by atoms with van der Waals surface area (Å²) in [5, 5.41) is 3.43. The minimum absolute atomic E-state index is 0.0411. The number of aromatic nitrogens is 2. The van der Waals surface area contributed by atoms with Crippen LogP contribution in [0.2, 0.25) is 5.02 Å². The van der Waals surface area contributed by atoms with Gasteiger partial charge in [0.05, 0.1) is 35.9 Å². The first-order valence-electron chi connectivity index (χ1n) is 7.66. The Morgan fingerprint density at radius 3 is 2.92 bits per heavy atom. The summed E-state index contributed by atoms with van der Waals surface area (Å²) in [5.41, 5.74) is 2.87. The normalized spacial score (nSPS) is 10.8. The van der Waals surface area contributed by atoms with Gasteiger partial charge in [-0.05, 0) is 29.8 Å². The largest absolute Gasteiger partial charge is 0.495 e. The standard InChI is InChI=1S/C18H18ClN3O2/c1-24-17-7-6-13(10-14(17)19)11-18(23)20-8-9-22-12-21-15-4-2-3-5-16(15)22/h2-7,10,12H,8-9,11H2,1H3,(H,20,23). The number of fused-ring (bicyclic) bond motifs is 1. The average molecular weight is 344 g/mol. The molecule has 0 radical (unpaired) electrons. The summed E-state index contributed by atoms with van der Waals surface area (Å²) in [7, 11) is 1.56. The van der Waals surface area contributed by atoms with Gasteiger partial charge in [-0.2, -0.15) is 0 Å². The van der Waals surface area contributed by atoms with Crippen LogP contribution in [-0.2, 0) is 17.8 Å². The van der Waals surface area contributed by atoms with Gasteiger partial charge >= 0.3 is 0 Å². The van der Waals surface area contributed by atoms with Crippen molar-refractivity contribution in [3.8, 4) is 5.75 Å². The van der Waals surface area contributed by atoms with Crippen molar-refractivity contribution in [3.63, 3.8) is 0 Å². The molecule has 1 N–H and O–H groups in total. The lowest BCUT2D eigenvalue weighted by Crippen LogP contribution is -2.28. The van der Waals surface area contributed by atoms with E-state index in [1.807, 2.05) is 34.9 Å². The number of ether oxygens (including phenoxy) is 1. The zero-order chi connectivity index (χ0) is 16.9. The van der Waals surface area contributed by atoms with Crippen LogP contribution in [0.5, 0.6) is 5.75 Å². The topological polar surface area (TPSA) is 56.1 Å². The number of carbonyl (C=O) groups excluding carboxylic acids is 1. The van der Waals surface area contributed by atoms with Crippen molar-refractivity contribution >= 4 is 28.5 Å². The van der Waals surface area contributed by atoms with Crippen molar-refractivity contribution < 1.29 is 9.53 Å². The zero-order valence-electron chi connectivity index (χ0n) is 13.3. The minimum atomic E-state index is -0.0411. The molecule has 0 unspecified atom stereocenters. The third-order valence-electron chi connectivity index (χ3n) is 3.78. The van der Waals surface area contributed by atoms with Crippen LogP contribution < -0.4 is 10.1 Å². The second-order valence-electron chi connectivity index (χ2n) is 5.42. The molecule has 0 aliphatic heterocycles. The summed E-state index contributed by atoms with van der Waals surface area (Å²) >= 11 is 6.07. The number of amides is 1. The molecule has 124 valence electrons. The second kappa shape index (κ2) is 7.36. The van der Waals surface area contributed by atoms with E-state index in [2.05, 4.69) is 10.3 Å². The highest BCUT2D eigenvalue weighted by molar-refractivity contribution is 6.32. The van der Waals surface area contributed by atoms with E-state index in [9.17, 15) is 4.79 Å². The molecule has 0 aliphatic rings. The third kappa shape index (κ3) is 3.68. The lowest BCUT2D eigenvalue weighted by atomic mass is 10.1. The maximum Gasteiger partial charge on any atom is 0.224 e. The molecular formula is C18H18ClN3O2. The highest BCUT2D eigenvalue weighted by Gasteiger charge is 2.07. The van der Waals surface area contributed by atoms with Gasteiger partial charge in [0.2, 0.25) is 5.91 Å². The van der Waals surface area contributed by atoms with Crippen molar-refractivity contribution in [1.29, 1.82) is 0 Å². The second-order valence-corrected chi connectivity index (χ2v) is 5.83. The van der Waals surface area contributed by atoms with Gasteiger partial charge in [0.15, 0.2) is 0 Å². The van der Waals surface area contributed by atoms with Gasteiger partial charge in [-0.1, -0.05) is 29.8 Å². The number of halogens is 1. The van der Waals surface area contributed by atoms with Gasteiger partial charge in [0, 0.05) is 13.1 Å². The Kier molecular flexibility index (Phi) is 5.01. The van der Waals surface area contributed by atoms with Crippen LogP contribution in [0.25, 0.3) is 11.0 Å². The number of nitrogens with one attached hydrogen (secondary N) is 1. The van der Waals surface area contributed by atoms with Crippen LogP contribution >= 0.6 is 11.6 Å². The summed E-state index contributed by atoms with van der Waals surface area (Å²) in [6.07, 6.45) is 2.08. The first-order valence-corrected chi connectivity index (χ1v) is 8.04. The molecule has 24 heavy (non-hydrogen) atoms. The number of methoxy groups -OCH3 is 1. The van der Waals surface area contributed by atoms with Crippen LogP contribution in [0.4, 0.5) is 0 Å². The smallest absolute Gasteiger partial charge is 0.224 e. The van der Waals surface area contributed by atoms with E-state index in [0.29, 0.717) is 23.9 Å². The van der Waals surface area contributed by atoms with Crippen LogP contribution in [0, 0.1) is 0 Å². The first-order chi connectivity index (χ1) is 11.7. The minimum Gasteiger partial charge on any atom is -0.495 e. The van der Waals surface area contributed by atoms with E-state index < -0.39 is 0 Å². The number of imidazole rings is 1. The van der Waals surface area contributed by atoms with Crippen LogP contribution in [0.1, 0.15) is 5.56 Å². The molecule has 5 nitrogen and oxygen atoms in total. The Morgan fingerprint density at radius 2 is 2.12 bits per heavy atom. The van der Waals surface area contributed by atoms with E-state index in [1.54, 1.807) is 25.6 Å². The van der Waals surface area contributed by atoms with Crippen molar-refractivity contribution in [2.45, 2.75) is 13.0 Å². The molecule has 1 amide bonds. The number of hydrogen-bond acceptors (Lipinski definition) is 3. The molecule has 0 spiro atoms. The molecule has 0 fully saturated rings. The van der Waals surface area contributed by atoms with Gasteiger partial charge in [-0.15, -0.1) is 0 Å². The van der Waals surface area contributed by atoms with Gasteiger partial charge in [0.25, 0.3) is 0 Å². The van der Waals surface area contributed by atoms with E-state index in [4.69, 9.17) is 16.3 Å². The van der Waals surface area contributed by atoms with E-state index >= 15 is 0 Å². The van der Waals surface area contributed by atoms with E-state index in [-0.39, 0.29) is 12.3 Å². The fourth-order valence-electron chi connectivity index (χ4n) is 2.57. The lowest BCUT2D eigenvalue weighted by Gasteiger charge is -2.08. The first kappa shape index (κ1) is 16.3. The van der Waals surface area contributed by atoms with Crippen molar-refractivity contribution in [2.24, 2.45) is 0 Å². The number of benzene rings is 2. The maximum absolute atomic E-state index is 12.1. The van der Waals surface area contributed by atoms with Gasteiger partial charge < -0.3 is 14.6 Å². The third-order valence-corrected chi connectivity index (χ3v) is 4.08. The van der Waals surface area contributed by atoms with Gasteiger partial charge in [-0.25, -0.2) is 4.98 Å². The van der Waals surface area contributed by atoms with E-state index in [1.165, 1.54) is 0 Å². The molecule has 6 heteroatoms. The molecular weight excluding hydrogens is 326 g/mol. The van der Waals surface area contributed by atoms with Crippen molar-refractivity contribution in [2.75, 3.05) is 13.7 Å². The van der Waals surface area contributed by atoms with Crippen LogP contribution in [0.15, 0.2) is 48.8 Å². The van der Waals surface area contributed by atoms with Crippen molar-refractivity contribution in [1.82, 2.24) is 14.9 Å². The zero-order valence-corrected chi connectivity index (χ0v) is 14.1. The molecule has 0 bridgehead atoms. The predicted molar refractivity (Wildman–Crippen MR) is 94.5 cm³/mol. The molecule has 1 heterocycles. The molecule has 0 atom stereocenters. The number of rotatable bonds is 6. The van der Waals surface area contributed by atoms with E-state index in [0.717, 1.165) is 16.6 Å². The fraction of sp³-hybridized carbons (Fsp3) is 0.222. The summed E-state index contributed by atoms with van der Waals surface area (Å²) < 4.78 is 7.13. The molecule has 3 rings (SSSR count). The number of hydrogen-bond donors (Lipinski definition) is 1. The lowest BCUT2D eigenvalue weighted by molar-refractivity contribution is -0.120. The van der Waals surface area contributed by atoms with Crippen LogP contribution in [0.3, 0.4) is 0 Å². The number of para-hydroxylation sites is 2. The Balaban J connectivity index is 1.53. The Bertz CT molecular complexity index is 860. The number of carbonyl (C=O) groups is 1. The van der Waals surface area contributed by atoms with Gasteiger partial charge in [-0.3, -0.25) is 4.79 Å². The summed E-state index contributed by atoms with van der Waals surface area (Å²) in [5.74, 6) is 0.563. The molecule has 1 aromatic heterocycles. The molecule has 2 aromatic carbocycles. The average Bonchev–Trinajstić information content (AvgIpc) is 2.98. The predicted octanol–water partition coefficient (Wildman–Crippen LogP) is 3.06. The van der Waals surface area contributed by atoms with Crippen molar-refractivity contribution in [3.05, 3.63) is 59.4 Å². The molecule has 0 saturated heterocycles. The quantitative estimate of drug-likeness (QED) is 0.748. The highest BCUT2D eigenvalue weighted by Crippen LogP contribution is 2.25. The molecule has 0 saturated carbocycles. The highest BCUT2D eigenvalue weighted by atomic mass is 35.5. The maximum atomic E-state index is 12.1. The Morgan fingerprint density at radius 1 is 1.29 bits per heavy atom. The Labute approximate surface area is 145 Å². The summed E-state index contributed by atoms with van der Waals surface area (Å²) in [6.45, 7) is 1.22. The summed E-state index contributed by atoms with van der Waals surface area (Å²) in [6, 6.07) is 13.3. The molecule has 3 aromatic rings.